The summed E-state index contributed by atoms with van der Waals surface area (Å²) in [5.41, 5.74) is 0. The molecule has 0 aromatic heterocycles. The van der Waals surface area contributed by atoms with Gasteiger partial charge in [-0.15, -0.1) is 0 Å². The van der Waals surface area contributed by atoms with Gasteiger partial charge in [-0.05, 0) is 13.0 Å². The minimum absolute atomic E-state index is 0.0402. The van der Waals surface area contributed by atoms with Gasteiger partial charge in [0, 0.05) is 26.2 Å². The van der Waals surface area contributed by atoms with Crippen LogP contribution in [0.5, 0.6) is 0 Å². The minimum Gasteiger partial charge on any atom is -0.353 e. The predicted molar refractivity (Wildman–Crippen MR) is 58.9 cm³/mol. The van der Waals surface area contributed by atoms with Gasteiger partial charge in [0.25, 0.3) is 0 Å². The Hall–Kier alpha value is -1.14. The van der Waals surface area contributed by atoms with E-state index in [9.17, 15) is 9.59 Å². The lowest BCUT2D eigenvalue weighted by atomic mass is 10.2. The number of nitrogens with zero attached hydrogens (tertiary/aromatic N) is 1. The van der Waals surface area contributed by atoms with Crippen molar-refractivity contribution in [3.63, 3.8) is 0 Å². The molecule has 0 aliphatic carbocycles. The fourth-order valence-electron chi connectivity index (χ4n) is 2.03. The van der Waals surface area contributed by atoms with Gasteiger partial charge in [-0.1, -0.05) is 0 Å². The van der Waals surface area contributed by atoms with Gasteiger partial charge in [0.15, 0.2) is 0 Å². The van der Waals surface area contributed by atoms with E-state index in [1.54, 1.807) is 0 Å². The van der Waals surface area contributed by atoms with Crippen LogP contribution in [0.1, 0.15) is 6.42 Å². The second kappa shape index (κ2) is 5.27. The number of carbonyl (C=O) groups is 2. The average Bonchev–Trinajstić information content (AvgIpc) is 2.57. The molecule has 16 heavy (non-hydrogen) atoms. The molecule has 0 saturated carbocycles. The number of amides is 2. The van der Waals surface area contributed by atoms with Crippen molar-refractivity contribution in [1.29, 1.82) is 0 Å². The van der Waals surface area contributed by atoms with Crippen molar-refractivity contribution >= 4 is 11.8 Å². The first kappa shape index (κ1) is 11.3. The quantitative estimate of drug-likeness (QED) is 0.479. The van der Waals surface area contributed by atoms with Crippen LogP contribution in [-0.4, -0.2) is 62.0 Å². The molecule has 0 bridgehead atoms. The van der Waals surface area contributed by atoms with Crippen molar-refractivity contribution < 1.29 is 9.59 Å². The molecule has 0 spiro atoms. The summed E-state index contributed by atoms with van der Waals surface area (Å²) < 4.78 is 0. The fourth-order valence-corrected chi connectivity index (χ4v) is 2.03. The highest BCUT2D eigenvalue weighted by atomic mass is 16.2. The highest BCUT2D eigenvalue weighted by molar-refractivity contribution is 5.86. The molecular formula is C10H18N4O2. The van der Waals surface area contributed by atoms with E-state index >= 15 is 0 Å². The van der Waals surface area contributed by atoms with Crippen molar-refractivity contribution in [2.45, 2.75) is 12.5 Å². The molecule has 3 N–H and O–H groups in total. The van der Waals surface area contributed by atoms with Crippen molar-refractivity contribution in [3.8, 4) is 0 Å². The topological polar surface area (TPSA) is 73.5 Å². The molecule has 2 amide bonds. The van der Waals surface area contributed by atoms with Crippen LogP contribution in [0.15, 0.2) is 0 Å². The number of rotatable bonds is 1. The summed E-state index contributed by atoms with van der Waals surface area (Å²) in [6, 6.07) is -0.254. The molecule has 1 atom stereocenters. The molecule has 2 fully saturated rings. The summed E-state index contributed by atoms with van der Waals surface area (Å²) in [5.74, 6) is 0.0604. The predicted octanol–water partition coefficient (Wildman–Crippen LogP) is -2.10. The summed E-state index contributed by atoms with van der Waals surface area (Å²) in [5, 5.41) is 8.92. The molecule has 2 aliphatic rings. The Morgan fingerprint density at radius 2 is 2.19 bits per heavy atom. The third-order valence-electron chi connectivity index (χ3n) is 2.96. The van der Waals surface area contributed by atoms with E-state index in [2.05, 4.69) is 16.0 Å². The minimum atomic E-state index is -0.254. The third kappa shape index (κ3) is 2.70. The Labute approximate surface area is 94.7 Å². The van der Waals surface area contributed by atoms with Gasteiger partial charge in [0.1, 0.15) is 6.04 Å². The maximum absolute atomic E-state index is 12.1. The molecule has 6 nitrogen and oxygen atoms in total. The molecule has 6 heteroatoms. The zero-order valence-electron chi connectivity index (χ0n) is 9.29. The lowest BCUT2D eigenvalue weighted by molar-refractivity contribution is -0.134. The van der Waals surface area contributed by atoms with Crippen LogP contribution in [0.3, 0.4) is 0 Å². The fraction of sp³-hybridized carbons (Fsp3) is 0.800. The van der Waals surface area contributed by atoms with Crippen LogP contribution in [-0.2, 0) is 9.59 Å². The lowest BCUT2D eigenvalue weighted by Crippen LogP contribution is -2.59. The molecule has 90 valence electrons. The maximum Gasteiger partial charge on any atom is 0.241 e. The summed E-state index contributed by atoms with van der Waals surface area (Å²) in [6.45, 7) is 4.02. The van der Waals surface area contributed by atoms with E-state index in [1.165, 1.54) is 0 Å². The summed E-state index contributed by atoms with van der Waals surface area (Å²) >= 11 is 0. The maximum atomic E-state index is 12.1. The standard InChI is InChI=1S/C10H18N4O2/c15-9-7-12-8(6-13-9)10(16)14-4-1-2-11-3-5-14/h8,11-12H,1-7H2,(H,13,15). The van der Waals surface area contributed by atoms with E-state index in [1.807, 2.05) is 4.90 Å². The van der Waals surface area contributed by atoms with Crippen LogP contribution in [0, 0.1) is 0 Å². The molecular weight excluding hydrogens is 208 g/mol. The monoisotopic (exact) mass is 226 g/mol. The first-order valence-corrected chi connectivity index (χ1v) is 5.77. The SMILES string of the molecule is O=C1CNC(C(=O)N2CCCNCC2)CN1. The molecule has 0 radical (unpaired) electrons. The first-order valence-electron chi connectivity index (χ1n) is 5.77. The zero-order valence-corrected chi connectivity index (χ0v) is 9.29. The number of nitrogens with one attached hydrogen (secondary N) is 3. The van der Waals surface area contributed by atoms with Gasteiger partial charge >= 0.3 is 0 Å². The number of carbonyl (C=O) groups excluding carboxylic acids is 2. The smallest absolute Gasteiger partial charge is 0.241 e. The van der Waals surface area contributed by atoms with Gasteiger partial charge in [0.05, 0.1) is 6.54 Å². The van der Waals surface area contributed by atoms with E-state index in [0.29, 0.717) is 6.54 Å². The molecule has 1 unspecified atom stereocenters. The number of hydrogen-bond donors (Lipinski definition) is 3. The van der Waals surface area contributed by atoms with Gasteiger partial charge in [0.2, 0.25) is 11.8 Å². The summed E-state index contributed by atoms with van der Waals surface area (Å²) in [4.78, 5) is 24.9. The molecule has 2 rings (SSSR count). The highest BCUT2D eigenvalue weighted by Crippen LogP contribution is 2.01. The van der Waals surface area contributed by atoms with E-state index in [0.717, 1.165) is 32.6 Å². The summed E-state index contributed by atoms with van der Waals surface area (Å²) in [7, 11) is 0. The van der Waals surface area contributed by atoms with Crippen LogP contribution in [0.2, 0.25) is 0 Å². The average molecular weight is 226 g/mol. The Balaban J connectivity index is 1.87. The van der Waals surface area contributed by atoms with Crippen LogP contribution in [0.25, 0.3) is 0 Å². The zero-order chi connectivity index (χ0) is 11.4. The lowest BCUT2D eigenvalue weighted by Gasteiger charge is -2.29. The Kier molecular flexibility index (Phi) is 3.74. The molecule has 2 heterocycles. The molecule has 0 aromatic carbocycles. The van der Waals surface area contributed by atoms with Crippen LogP contribution in [0.4, 0.5) is 0 Å². The second-order valence-electron chi connectivity index (χ2n) is 4.17. The van der Waals surface area contributed by atoms with Crippen LogP contribution >= 0.6 is 0 Å². The third-order valence-corrected chi connectivity index (χ3v) is 2.96. The van der Waals surface area contributed by atoms with E-state index < -0.39 is 0 Å². The second-order valence-corrected chi connectivity index (χ2v) is 4.17. The number of hydrogen-bond acceptors (Lipinski definition) is 4. The molecule has 2 aliphatic heterocycles. The van der Waals surface area contributed by atoms with Crippen LogP contribution < -0.4 is 16.0 Å². The summed E-state index contributed by atoms with van der Waals surface area (Å²) in [6.07, 6.45) is 0.991. The Bertz CT molecular complexity index is 264. The largest absolute Gasteiger partial charge is 0.353 e. The van der Waals surface area contributed by atoms with Crippen molar-refractivity contribution in [2.24, 2.45) is 0 Å². The molecule has 2 saturated heterocycles. The number of piperazine rings is 1. The van der Waals surface area contributed by atoms with E-state index in [-0.39, 0.29) is 24.4 Å². The normalized spacial score (nSPS) is 27.1. The van der Waals surface area contributed by atoms with Crippen molar-refractivity contribution in [2.75, 3.05) is 39.3 Å². The highest BCUT2D eigenvalue weighted by Gasteiger charge is 2.27. The first-order chi connectivity index (χ1) is 7.77. The van der Waals surface area contributed by atoms with Gasteiger partial charge in [-0.2, -0.15) is 0 Å². The van der Waals surface area contributed by atoms with Crippen molar-refractivity contribution in [1.82, 2.24) is 20.9 Å². The Morgan fingerprint density at radius 3 is 2.94 bits per heavy atom. The Morgan fingerprint density at radius 1 is 1.31 bits per heavy atom. The molecule has 0 aromatic rings. The van der Waals surface area contributed by atoms with Crippen molar-refractivity contribution in [3.05, 3.63) is 0 Å². The van der Waals surface area contributed by atoms with Gasteiger partial charge in [-0.25, -0.2) is 0 Å². The van der Waals surface area contributed by atoms with E-state index in [4.69, 9.17) is 0 Å². The van der Waals surface area contributed by atoms with Gasteiger partial charge in [-0.3, -0.25) is 14.9 Å². The van der Waals surface area contributed by atoms with Gasteiger partial charge < -0.3 is 15.5 Å².